The number of benzene rings is 1. The summed E-state index contributed by atoms with van der Waals surface area (Å²) in [6, 6.07) is 4.49. The van der Waals surface area contributed by atoms with Crippen LogP contribution in [0.1, 0.15) is 12.0 Å². The van der Waals surface area contributed by atoms with Crippen molar-refractivity contribution in [2.45, 2.75) is 19.5 Å². The predicted molar refractivity (Wildman–Crippen MR) is 77.2 cm³/mol. The summed E-state index contributed by atoms with van der Waals surface area (Å²) in [6.07, 6.45) is -4.05. The van der Waals surface area contributed by atoms with Crippen molar-refractivity contribution in [1.29, 1.82) is 0 Å². The van der Waals surface area contributed by atoms with Crippen molar-refractivity contribution >= 4 is 24.0 Å². The molecule has 1 amide bonds. The van der Waals surface area contributed by atoms with E-state index in [2.05, 4.69) is 15.4 Å². The molecule has 8 heteroatoms. The second-order valence-electron chi connectivity index (χ2n) is 4.29. The molecule has 0 spiro atoms. The lowest BCUT2D eigenvalue weighted by atomic mass is 10.2. The van der Waals surface area contributed by atoms with Crippen LogP contribution in [0, 0.1) is 6.92 Å². The van der Waals surface area contributed by atoms with Gasteiger partial charge in [-0.05, 0) is 37.7 Å². The summed E-state index contributed by atoms with van der Waals surface area (Å²) < 4.78 is 40.8. The highest BCUT2D eigenvalue weighted by molar-refractivity contribution is 5.91. The SMILES string of the molecule is CNCCC(=O)Nc1ccc(OCC(F)(F)F)c(C)c1.Cl. The van der Waals surface area contributed by atoms with Gasteiger partial charge < -0.3 is 15.4 Å². The molecular formula is C13H18ClF3N2O2. The first kappa shape index (κ1) is 19.5. The monoisotopic (exact) mass is 326 g/mol. The van der Waals surface area contributed by atoms with Gasteiger partial charge in [0.15, 0.2) is 6.61 Å². The number of rotatable bonds is 6. The second kappa shape index (κ2) is 8.74. The summed E-state index contributed by atoms with van der Waals surface area (Å²) in [7, 11) is 1.74. The Bertz CT molecular complexity index is 467. The van der Waals surface area contributed by atoms with Crippen molar-refractivity contribution in [3.63, 3.8) is 0 Å². The Balaban J connectivity index is 0.00000400. The summed E-state index contributed by atoms with van der Waals surface area (Å²) in [5.41, 5.74) is 1.06. The molecule has 0 saturated heterocycles. The Labute approximate surface area is 127 Å². The Hall–Kier alpha value is -1.47. The molecule has 0 heterocycles. The standard InChI is InChI=1S/C13H17F3N2O2.ClH/c1-9-7-10(18-12(19)5-6-17-2)3-4-11(9)20-8-13(14,15)16;/h3-4,7,17H,5-6,8H2,1-2H3,(H,18,19);1H. The highest BCUT2D eigenvalue weighted by Crippen LogP contribution is 2.24. The number of ether oxygens (including phenoxy) is 1. The highest BCUT2D eigenvalue weighted by Gasteiger charge is 2.28. The Kier molecular flexibility index (Phi) is 8.12. The molecule has 4 nitrogen and oxygen atoms in total. The molecular weight excluding hydrogens is 309 g/mol. The zero-order valence-electron chi connectivity index (χ0n) is 11.7. The van der Waals surface area contributed by atoms with E-state index in [1.165, 1.54) is 12.1 Å². The predicted octanol–water partition coefficient (Wildman–Crippen LogP) is 2.91. The maximum absolute atomic E-state index is 12.1. The van der Waals surface area contributed by atoms with E-state index in [1.54, 1.807) is 20.0 Å². The Morgan fingerprint density at radius 3 is 2.52 bits per heavy atom. The van der Waals surface area contributed by atoms with E-state index in [0.29, 0.717) is 24.2 Å². The number of anilines is 1. The lowest BCUT2D eigenvalue weighted by Gasteiger charge is -2.13. The minimum Gasteiger partial charge on any atom is -0.484 e. The van der Waals surface area contributed by atoms with E-state index < -0.39 is 12.8 Å². The molecule has 0 aliphatic carbocycles. The van der Waals surface area contributed by atoms with E-state index in [9.17, 15) is 18.0 Å². The summed E-state index contributed by atoms with van der Waals surface area (Å²) in [5, 5.41) is 5.51. The summed E-state index contributed by atoms with van der Waals surface area (Å²) in [4.78, 5) is 11.5. The molecule has 0 radical (unpaired) electrons. The summed E-state index contributed by atoms with van der Waals surface area (Å²) >= 11 is 0. The molecule has 0 aromatic heterocycles. The molecule has 0 bridgehead atoms. The number of aryl methyl sites for hydroxylation is 1. The number of hydrogen-bond acceptors (Lipinski definition) is 3. The van der Waals surface area contributed by atoms with Crippen molar-refractivity contribution in [1.82, 2.24) is 5.32 Å². The largest absolute Gasteiger partial charge is 0.484 e. The summed E-state index contributed by atoms with van der Waals surface area (Å²) in [6.45, 7) is 0.842. The zero-order valence-corrected chi connectivity index (χ0v) is 12.5. The number of hydrogen-bond donors (Lipinski definition) is 2. The van der Waals surface area contributed by atoms with Crippen LogP contribution in [0.5, 0.6) is 5.75 Å². The van der Waals surface area contributed by atoms with Crippen molar-refractivity contribution in [2.24, 2.45) is 0 Å². The van der Waals surface area contributed by atoms with E-state index in [-0.39, 0.29) is 24.1 Å². The van der Waals surface area contributed by atoms with Gasteiger partial charge in [-0.3, -0.25) is 4.79 Å². The molecule has 21 heavy (non-hydrogen) atoms. The van der Waals surface area contributed by atoms with Crippen molar-refractivity contribution in [2.75, 3.05) is 25.5 Å². The topological polar surface area (TPSA) is 50.4 Å². The number of halogens is 4. The maximum Gasteiger partial charge on any atom is 0.422 e. The number of carbonyl (C=O) groups excluding carboxylic acids is 1. The van der Waals surface area contributed by atoms with Gasteiger partial charge in [0.2, 0.25) is 5.91 Å². The van der Waals surface area contributed by atoms with Crippen LogP contribution in [0.25, 0.3) is 0 Å². The van der Waals surface area contributed by atoms with Gasteiger partial charge in [0.25, 0.3) is 0 Å². The molecule has 0 atom stereocenters. The average Bonchev–Trinajstić information content (AvgIpc) is 2.34. The van der Waals surface area contributed by atoms with Gasteiger partial charge in [-0.1, -0.05) is 0 Å². The van der Waals surface area contributed by atoms with Crippen LogP contribution >= 0.6 is 12.4 Å². The van der Waals surface area contributed by atoms with E-state index in [4.69, 9.17) is 0 Å². The lowest BCUT2D eigenvalue weighted by Crippen LogP contribution is -2.20. The van der Waals surface area contributed by atoms with E-state index in [0.717, 1.165) is 0 Å². The normalized spacial score (nSPS) is 10.7. The smallest absolute Gasteiger partial charge is 0.422 e. The summed E-state index contributed by atoms with van der Waals surface area (Å²) in [5.74, 6) is -0.0155. The highest BCUT2D eigenvalue weighted by atomic mass is 35.5. The van der Waals surface area contributed by atoms with Crippen LogP contribution in [-0.4, -0.2) is 32.3 Å². The van der Waals surface area contributed by atoms with Gasteiger partial charge in [-0.2, -0.15) is 13.2 Å². The number of alkyl halides is 3. The molecule has 0 aliphatic heterocycles. The average molecular weight is 327 g/mol. The van der Waals surface area contributed by atoms with Gasteiger partial charge in [0, 0.05) is 18.7 Å². The fraction of sp³-hybridized carbons (Fsp3) is 0.462. The Morgan fingerprint density at radius 1 is 1.33 bits per heavy atom. The first-order chi connectivity index (χ1) is 9.31. The molecule has 0 fully saturated rings. The number of amides is 1. The molecule has 1 aromatic rings. The van der Waals surface area contributed by atoms with Crippen LogP contribution in [0.3, 0.4) is 0 Å². The third-order valence-corrected chi connectivity index (χ3v) is 2.45. The minimum atomic E-state index is -4.37. The molecule has 1 rings (SSSR count). The van der Waals surface area contributed by atoms with Crippen LogP contribution in [0.2, 0.25) is 0 Å². The third kappa shape index (κ3) is 7.77. The van der Waals surface area contributed by atoms with Crippen molar-refractivity contribution in [3.05, 3.63) is 23.8 Å². The van der Waals surface area contributed by atoms with Crippen LogP contribution in [0.4, 0.5) is 18.9 Å². The van der Waals surface area contributed by atoms with E-state index >= 15 is 0 Å². The molecule has 120 valence electrons. The maximum atomic E-state index is 12.1. The first-order valence-electron chi connectivity index (χ1n) is 6.06. The first-order valence-corrected chi connectivity index (χ1v) is 6.06. The minimum absolute atomic E-state index is 0. The molecule has 0 aliphatic rings. The fourth-order valence-corrected chi connectivity index (χ4v) is 1.51. The van der Waals surface area contributed by atoms with Gasteiger partial charge >= 0.3 is 6.18 Å². The van der Waals surface area contributed by atoms with Crippen molar-refractivity contribution < 1.29 is 22.7 Å². The Morgan fingerprint density at radius 2 is 2.00 bits per heavy atom. The fourth-order valence-electron chi connectivity index (χ4n) is 1.51. The molecule has 0 unspecified atom stereocenters. The second-order valence-corrected chi connectivity index (χ2v) is 4.29. The molecule has 1 aromatic carbocycles. The van der Waals surface area contributed by atoms with Gasteiger partial charge in [0.05, 0.1) is 0 Å². The van der Waals surface area contributed by atoms with Gasteiger partial charge in [-0.15, -0.1) is 12.4 Å². The van der Waals surface area contributed by atoms with Crippen LogP contribution < -0.4 is 15.4 Å². The van der Waals surface area contributed by atoms with Crippen molar-refractivity contribution in [3.8, 4) is 5.75 Å². The zero-order chi connectivity index (χ0) is 15.2. The van der Waals surface area contributed by atoms with Crippen LogP contribution in [-0.2, 0) is 4.79 Å². The molecule has 0 saturated carbocycles. The number of carbonyl (C=O) groups is 1. The van der Waals surface area contributed by atoms with Crippen LogP contribution in [0.15, 0.2) is 18.2 Å². The van der Waals surface area contributed by atoms with Gasteiger partial charge in [0.1, 0.15) is 5.75 Å². The quantitative estimate of drug-likeness (QED) is 0.845. The van der Waals surface area contributed by atoms with Gasteiger partial charge in [-0.25, -0.2) is 0 Å². The van der Waals surface area contributed by atoms with E-state index in [1.807, 2.05) is 0 Å². The third-order valence-electron chi connectivity index (χ3n) is 2.45. The molecule has 2 N–H and O–H groups in total. The number of nitrogens with one attached hydrogen (secondary N) is 2. The lowest BCUT2D eigenvalue weighted by molar-refractivity contribution is -0.153.